The summed E-state index contributed by atoms with van der Waals surface area (Å²) in [5.74, 6) is 0.534. The highest BCUT2D eigenvalue weighted by atomic mass is 16.5. The Morgan fingerprint density at radius 1 is 1.30 bits per heavy atom. The molecule has 1 aromatic rings. The molecule has 0 spiro atoms. The lowest BCUT2D eigenvalue weighted by molar-refractivity contribution is -0.141. The number of aryl methyl sites for hydroxylation is 1. The van der Waals surface area contributed by atoms with Gasteiger partial charge in [-0.05, 0) is 19.3 Å². The predicted molar refractivity (Wildman–Crippen MR) is 99.4 cm³/mol. The summed E-state index contributed by atoms with van der Waals surface area (Å²) >= 11 is 0. The summed E-state index contributed by atoms with van der Waals surface area (Å²) in [7, 11) is 1.67. The molecule has 3 amide bonds. The van der Waals surface area contributed by atoms with E-state index in [-0.39, 0.29) is 17.9 Å². The third kappa shape index (κ3) is 5.43. The van der Waals surface area contributed by atoms with Crippen LogP contribution >= 0.6 is 0 Å². The molecule has 1 atom stereocenters. The molecule has 2 aliphatic heterocycles. The van der Waals surface area contributed by atoms with Gasteiger partial charge in [-0.3, -0.25) is 14.8 Å². The maximum atomic E-state index is 12.7. The number of morpholine rings is 1. The Morgan fingerprint density at radius 3 is 2.89 bits per heavy atom. The van der Waals surface area contributed by atoms with Crippen molar-refractivity contribution in [2.24, 2.45) is 5.92 Å². The van der Waals surface area contributed by atoms with Gasteiger partial charge in [-0.25, -0.2) is 4.79 Å². The van der Waals surface area contributed by atoms with Crippen molar-refractivity contribution in [2.75, 3.05) is 58.4 Å². The second-order valence-electron chi connectivity index (χ2n) is 6.96. The van der Waals surface area contributed by atoms with Gasteiger partial charge in [0.15, 0.2) is 5.82 Å². The van der Waals surface area contributed by atoms with Crippen LogP contribution in [-0.2, 0) is 20.8 Å². The van der Waals surface area contributed by atoms with Crippen molar-refractivity contribution in [1.29, 1.82) is 0 Å². The van der Waals surface area contributed by atoms with Crippen molar-refractivity contribution >= 4 is 17.8 Å². The highest BCUT2D eigenvalue weighted by molar-refractivity contribution is 5.89. The number of piperidine rings is 1. The van der Waals surface area contributed by atoms with Gasteiger partial charge in [-0.1, -0.05) is 0 Å². The summed E-state index contributed by atoms with van der Waals surface area (Å²) < 4.78 is 12.1. The van der Waals surface area contributed by atoms with Crippen molar-refractivity contribution < 1.29 is 19.1 Å². The van der Waals surface area contributed by atoms with Gasteiger partial charge in [0.25, 0.3) is 0 Å². The molecule has 0 aliphatic carbocycles. The van der Waals surface area contributed by atoms with E-state index in [0.29, 0.717) is 51.8 Å². The van der Waals surface area contributed by atoms with Gasteiger partial charge in [-0.2, -0.15) is 5.10 Å². The number of aromatic nitrogens is 2. The van der Waals surface area contributed by atoms with Gasteiger partial charge in [0, 0.05) is 58.7 Å². The third-order valence-corrected chi connectivity index (χ3v) is 4.99. The van der Waals surface area contributed by atoms with Crippen LogP contribution in [0.5, 0.6) is 0 Å². The molecule has 0 radical (unpaired) electrons. The molecule has 2 aliphatic rings. The van der Waals surface area contributed by atoms with E-state index in [1.807, 2.05) is 11.1 Å². The molecular weight excluding hydrogens is 350 g/mol. The molecule has 1 unspecified atom stereocenters. The first kappa shape index (κ1) is 19.6. The fraction of sp³-hybridized carbons (Fsp3) is 0.722. The summed E-state index contributed by atoms with van der Waals surface area (Å²) in [6.45, 7) is 5.00. The molecule has 9 nitrogen and oxygen atoms in total. The standard InChI is InChI=1S/C18H29N5O4/c1-26-11-3-7-23-8-5-16(20-23)19-18(25)22-6-2-4-15(14-22)17(24)21-9-12-27-13-10-21/h5,8,15H,2-4,6-7,9-14H2,1H3,(H,19,20,25). The quantitative estimate of drug-likeness (QED) is 0.746. The molecule has 2 saturated heterocycles. The number of methoxy groups -OCH3 is 1. The Hall–Kier alpha value is -2.13. The first-order valence-electron chi connectivity index (χ1n) is 9.62. The Morgan fingerprint density at radius 2 is 2.11 bits per heavy atom. The van der Waals surface area contributed by atoms with E-state index >= 15 is 0 Å². The zero-order valence-electron chi connectivity index (χ0n) is 15.9. The molecule has 2 fully saturated rings. The fourth-order valence-electron chi connectivity index (χ4n) is 3.52. The lowest BCUT2D eigenvalue weighted by Crippen LogP contribution is -2.50. The van der Waals surface area contributed by atoms with Crippen LogP contribution in [0.4, 0.5) is 10.6 Å². The van der Waals surface area contributed by atoms with Gasteiger partial charge in [0.2, 0.25) is 5.91 Å². The van der Waals surface area contributed by atoms with E-state index in [1.54, 1.807) is 22.8 Å². The number of hydrogen-bond acceptors (Lipinski definition) is 5. The van der Waals surface area contributed by atoms with Crippen molar-refractivity contribution in [2.45, 2.75) is 25.8 Å². The largest absolute Gasteiger partial charge is 0.385 e. The summed E-state index contributed by atoms with van der Waals surface area (Å²) in [5, 5.41) is 7.20. The molecule has 0 bridgehead atoms. The van der Waals surface area contributed by atoms with E-state index in [2.05, 4.69) is 10.4 Å². The molecule has 1 N–H and O–H groups in total. The molecule has 0 aromatic carbocycles. The molecule has 1 aromatic heterocycles. The highest BCUT2D eigenvalue weighted by Gasteiger charge is 2.32. The van der Waals surface area contributed by atoms with Gasteiger partial charge in [-0.15, -0.1) is 0 Å². The van der Waals surface area contributed by atoms with Crippen LogP contribution in [0.15, 0.2) is 12.3 Å². The number of ether oxygens (including phenoxy) is 2. The zero-order valence-corrected chi connectivity index (χ0v) is 15.9. The predicted octanol–water partition coefficient (Wildman–Crippen LogP) is 1.02. The number of nitrogens with one attached hydrogen (secondary N) is 1. The van der Waals surface area contributed by atoms with Gasteiger partial charge >= 0.3 is 6.03 Å². The monoisotopic (exact) mass is 379 g/mol. The van der Waals surface area contributed by atoms with Crippen molar-refractivity contribution in [3.05, 3.63) is 12.3 Å². The fourth-order valence-corrected chi connectivity index (χ4v) is 3.52. The smallest absolute Gasteiger partial charge is 0.323 e. The average molecular weight is 379 g/mol. The minimum Gasteiger partial charge on any atom is -0.385 e. The zero-order chi connectivity index (χ0) is 19.1. The summed E-state index contributed by atoms with van der Waals surface area (Å²) in [6.07, 6.45) is 4.36. The number of nitrogens with zero attached hydrogens (tertiary/aromatic N) is 4. The number of carbonyl (C=O) groups is 2. The van der Waals surface area contributed by atoms with E-state index in [0.717, 1.165) is 25.8 Å². The highest BCUT2D eigenvalue weighted by Crippen LogP contribution is 2.20. The third-order valence-electron chi connectivity index (χ3n) is 4.99. The van der Waals surface area contributed by atoms with E-state index < -0.39 is 0 Å². The van der Waals surface area contributed by atoms with E-state index in [9.17, 15) is 9.59 Å². The SMILES string of the molecule is COCCCn1ccc(NC(=O)N2CCCC(C(=O)N3CCOCC3)C2)n1. The van der Waals surface area contributed by atoms with Crippen molar-refractivity contribution in [3.8, 4) is 0 Å². The number of amides is 3. The number of carbonyl (C=O) groups excluding carboxylic acids is 2. The molecule has 150 valence electrons. The van der Waals surface area contributed by atoms with Crippen molar-refractivity contribution in [3.63, 3.8) is 0 Å². The van der Waals surface area contributed by atoms with E-state index in [4.69, 9.17) is 9.47 Å². The minimum absolute atomic E-state index is 0.130. The Labute approximate surface area is 159 Å². The summed E-state index contributed by atoms with van der Waals surface area (Å²) in [5.41, 5.74) is 0. The van der Waals surface area contributed by atoms with E-state index in [1.165, 1.54) is 0 Å². The van der Waals surface area contributed by atoms with Gasteiger partial charge in [0.05, 0.1) is 19.1 Å². The Balaban J connectivity index is 1.50. The Kier molecular flexibility index (Phi) is 7.05. The first-order chi connectivity index (χ1) is 13.2. The molecule has 27 heavy (non-hydrogen) atoms. The maximum absolute atomic E-state index is 12.7. The lowest BCUT2D eigenvalue weighted by atomic mass is 9.96. The van der Waals surface area contributed by atoms with Gasteiger partial charge in [0.1, 0.15) is 0 Å². The second-order valence-corrected chi connectivity index (χ2v) is 6.96. The summed E-state index contributed by atoms with van der Waals surface area (Å²) in [6, 6.07) is 1.59. The summed E-state index contributed by atoms with van der Waals surface area (Å²) in [4.78, 5) is 28.9. The topological polar surface area (TPSA) is 88.9 Å². The van der Waals surface area contributed by atoms with Crippen LogP contribution < -0.4 is 5.32 Å². The van der Waals surface area contributed by atoms with Crippen LogP contribution in [0.1, 0.15) is 19.3 Å². The van der Waals surface area contributed by atoms with Crippen LogP contribution in [0.2, 0.25) is 0 Å². The maximum Gasteiger partial charge on any atom is 0.323 e. The number of anilines is 1. The van der Waals surface area contributed by atoms with Crippen LogP contribution in [0, 0.1) is 5.92 Å². The number of hydrogen-bond donors (Lipinski definition) is 1. The lowest BCUT2D eigenvalue weighted by Gasteiger charge is -2.36. The first-order valence-corrected chi connectivity index (χ1v) is 9.62. The normalized spacial score (nSPS) is 20.6. The Bertz CT molecular complexity index is 629. The number of urea groups is 1. The molecule has 0 saturated carbocycles. The molecule has 3 rings (SSSR count). The second kappa shape index (κ2) is 9.70. The van der Waals surface area contributed by atoms with Crippen molar-refractivity contribution in [1.82, 2.24) is 19.6 Å². The average Bonchev–Trinajstić information content (AvgIpc) is 3.15. The van der Waals surface area contributed by atoms with Crippen LogP contribution in [-0.4, -0.2) is 84.6 Å². The number of rotatable bonds is 6. The van der Waals surface area contributed by atoms with Crippen LogP contribution in [0.25, 0.3) is 0 Å². The number of likely N-dealkylation sites (tertiary alicyclic amines) is 1. The molecule has 3 heterocycles. The minimum atomic E-state index is -0.198. The molecular formula is C18H29N5O4. The molecule has 9 heteroatoms. The van der Waals surface area contributed by atoms with Crippen LogP contribution in [0.3, 0.4) is 0 Å². The van der Waals surface area contributed by atoms with Gasteiger partial charge < -0.3 is 19.3 Å².